The van der Waals surface area contributed by atoms with Crippen LogP contribution in [0.4, 0.5) is 0 Å². The summed E-state index contributed by atoms with van der Waals surface area (Å²) < 4.78 is 5.60. The summed E-state index contributed by atoms with van der Waals surface area (Å²) >= 11 is 2.04. The van der Waals surface area contributed by atoms with Gasteiger partial charge in [-0.1, -0.05) is 6.07 Å². The smallest absolute Gasteiger partial charge is 0.213 e. The number of unbranched alkanes of at least 4 members (excludes halogenated alkanes) is 2. The van der Waals surface area contributed by atoms with Gasteiger partial charge in [0.2, 0.25) is 5.88 Å². The van der Waals surface area contributed by atoms with E-state index < -0.39 is 0 Å². The number of thioether (sulfide) groups is 1. The summed E-state index contributed by atoms with van der Waals surface area (Å²) in [4.78, 5) is 6.76. The van der Waals surface area contributed by atoms with Gasteiger partial charge in [0.25, 0.3) is 0 Å². The summed E-state index contributed by atoms with van der Waals surface area (Å²) in [6.07, 6.45) is 5.50. The lowest BCUT2D eigenvalue weighted by atomic mass is 10.2. The van der Waals surface area contributed by atoms with Crippen molar-refractivity contribution in [3.8, 4) is 5.88 Å². The van der Waals surface area contributed by atoms with E-state index in [1.807, 2.05) is 37.0 Å². The van der Waals surface area contributed by atoms with Crippen LogP contribution in [0.3, 0.4) is 0 Å². The number of nitrogens with zero attached hydrogens (tertiary/aromatic N) is 2. The van der Waals surface area contributed by atoms with Gasteiger partial charge in [-0.05, 0) is 38.3 Å². The van der Waals surface area contributed by atoms with E-state index in [0.29, 0.717) is 0 Å². The van der Waals surface area contributed by atoms with Gasteiger partial charge in [0.05, 0.1) is 6.61 Å². The number of rotatable bonds is 7. The van der Waals surface area contributed by atoms with Crippen molar-refractivity contribution in [1.82, 2.24) is 9.88 Å². The van der Waals surface area contributed by atoms with Crippen molar-refractivity contribution in [2.75, 3.05) is 31.3 Å². The molecule has 0 saturated carbocycles. The van der Waals surface area contributed by atoms with Gasteiger partial charge in [-0.25, -0.2) is 4.98 Å². The Morgan fingerprint density at radius 1 is 1.25 bits per heavy atom. The molecular weight excluding hydrogens is 315 g/mol. The Hall–Kier alpha value is -0.160. The molecule has 116 valence electrons. The largest absolute Gasteiger partial charge is 0.478 e. The molecule has 2 rings (SSSR count). The molecule has 1 aliphatic heterocycles. The van der Waals surface area contributed by atoms with Crippen LogP contribution in [0.25, 0.3) is 0 Å². The fraction of sp³-hybridized carbons (Fsp3) is 0.643. The molecule has 6 heteroatoms. The van der Waals surface area contributed by atoms with Gasteiger partial charge in [0.15, 0.2) is 0 Å². The fourth-order valence-corrected chi connectivity index (χ4v) is 2.99. The highest BCUT2D eigenvalue weighted by Crippen LogP contribution is 2.14. The average Bonchev–Trinajstić information content (AvgIpc) is 2.89. The standard InChI is InChI=1S/C14H22N2OS.2ClH/c1-13-5-6-14(15-11-13)17-9-4-2-3-7-16-8-10-18-12-16;;/h5-6,11H,2-4,7-10,12H2,1H3;2*1H. The van der Waals surface area contributed by atoms with Crippen molar-refractivity contribution in [1.29, 1.82) is 0 Å². The first-order chi connectivity index (χ1) is 8.84. The van der Waals surface area contributed by atoms with Gasteiger partial charge in [-0.15, -0.1) is 36.6 Å². The van der Waals surface area contributed by atoms with E-state index in [1.165, 1.54) is 43.1 Å². The summed E-state index contributed by atoms with van der Waals surface area (Å²) in [5.74, 6) is 3.28. The third-order valence-corrected chi connectivity index (χ3v) is 4.10. The van der Waals surface area contributed by atoms with Crippen molar-refractivity contribution < 1.29 is 4.74 Å². The number of aromatic nitrogens is 1. The van der Waals surface area contributed by atoms with Crippen molar-refractivity contribution in [2.24, 2.45) is 0 Å². The van der Waals surface area contributed by atoms with Crippen molar-refractivity contribution >= 4 is 36.6 Å². The van der Waals surface area contributed by atoms with E-state index in [4.69, 9.17) is 4.74 Å². The molecule has 0 aliphatic carbocycles. The second kappa shape index (κ2) is 11.5. The van der Waals surface area contributed by atoms with Crippen molar-refractivity contribution in [3.63, 3.8) is 0 Å². The SMILES string of the molecule is Cc1ccc(OCCCCCN2CCSC2)nc1.Cl.Cl. The van der Waals surface area contributed by atoms with E-state index in [0.717, 1.165) is 18.9 Å². The molecule has 0 unspecified atom stereocenters. The second-order valence-electron chi connectivity index (χ2n) is 4.74. The van der Waals surface area contributed by atoms with E-state index in [1.54, 1.807) is 0 Å². The molecule has 3 nitrogen and oxygen atoms in total. The lowest BCUT2D eigenvalue weighted by Crippen LogP contribution is -2.20. The van der Waals surface area contributed by atoms with Gasteiger partial charge >= 0.3 is 0 Å². The first-order valence-electron chi connectivity index (χ1n) is 6.70. The van der Waals surface area contributed by atoms with Crippen LogP contribution in [-0.2, 0) is 0 Å². The number of pyridine rings is 1. The fourth-order valence-electron chi connectivity index (χ4n) is 1.96. The van der Waals surface area contributed by atoms with Crippen LogP contribution in [-0.4, -0.2) is 41.2 Å². The zero-order valence-electron chi connectivity index (χ0n) is 11.9. The lowest BCUT2D eigenvalue weighted by molar-refractivity contribution is 0.285. The van der Waals surface area contributed by atoms with Gasteiger partial charge in [0.1, 0.15) is 0 Å². The summed E-state index contributed by atoms with van der Waals surface area (Å²) in [5.41, 5.74) is 1.17. The van der Waals surface area contributed by atoms with Gasteiger partial charge in [0, 0.05) is 30.4 Å². The van der Waals surface area contributed by atoms with Gasteiger partial charge in [-0.2, -0.15) is 0 Å². The molecule has 1 aliphatic rings. The van der Waals surface area contributed by atoms with Crippen LogP contribution < -0.4 is 4.74 Å². The molecule has 0 spiro atoms. The van der Waals surface area contributed by atoms with E-state index in [-0.39, 0.29) is 24.8 Å². The summed E-state index contributed by atoms with van der Waals surface area (Å²) in [5, 5.41) is 0. The predicted octanol–water partition coefficient (Wildman–Crippen LogP) is 3.79. The highest BCUT2D eigenvalue weighted by Gasteiger charge is 2.10. The van der Waals surface area contributed by atoms with E-state index in [9.17, 15) is 0 Å². The van der Waals surface area contributed by atoms with Crippen LogP contribution in [0, 0.1) is 6.92 Å². The summed E-state index contributed by atoms with van der Waals surface area (Å²) in [6.45, 7) is 5.34. The minimum absolute atomic E-state index is 0. The van der Waals surface area contributed by atoms with Crippen molar-refractivity contribution in [3.05, 3.63) is 23.9 Å². The number of hydrogen-bond donors (Lipinski definition) is 0. The second-order valence-corrected chi connectivity index (χ2v) is 5.81. The summed E-state index contributed by atoms with van der Waals surface area (Å²) in [7, 11) is 0. The number of ether oxygens (including phenoxy) is 1. The Kier molecular flexibility index (Phi) is 11.4. The average molecular weight is 339 g/mol. The van der Waals surface area contributed by atoms with Crippen molar-refractivity contribution in [2.45, 2.75) is 26.2 Å². The number of aryl methyl sites for hydroxylation is 1. The van der Waals surface area contributed by atoms with Crippen LogP contribution >= 0.6 is 36.6 Å². The molecule has 0 amide bonds. The Morgan fingerprint density at radius 3 is 2.75 bits per heavy atom. The third-order valence-electron chi connectivity index (χ3n) is 3.08. The molecule has 0 N–H and O–H groups in total. The molecule has 1 aromatic rings. The molecule has 20 heavy (non-hydrogen) atoms. The maximum Gasteiger partial charge on any atom is 0.213 e. The first-order valence-corrected chi connectivity index (χ1v) is 7.85. The van der Waals surface area contributed by atoms with Crippen LogP contribution in [0.1, 0.15) is 24.8 Å². The molecule has 0 aromatic carbocycles. The highest BCUT2D eigenvalue weighted by atomic mass is 35.5. The van der Waals surface area contributed by atoms with E-state index >= 15 is 0 Å². The molecular formula is C14H24Cl2N2OS. The highest BCUT2D eigenvalue weighted by molar-refractivity contribution is 7.99. The van der Waals surface area contributed by atoms with Gasteiger partial charge < -0.3 is 4.74 Å². The third kappa shape index (κ3) is 7.58. The Balaban J connectivity index is 0.00000180. The maximum atomic E-state index is 5.60. The molecule has 1 saturated heterocycles. The van der Waals surface area contributed by atoms with Crippen LogP contribution in [0.15, 0.2) is 18.3 Å². The topological polar surface area (TPSA) is 25.4 Å². The summed E-state index contributed by atoms with van der Waals surface area (Å²) in [6, 6.07) is 3.98. The van der Waals surface area contributed by atoms with Crippen LogP contribution in [0.5, 0.6) is 5.88 Å². The minimum Gasteiger partial charge on any atom is -0.478 e. The van der Waals surface area contributed by atoms with E-state index in [2.05, 4.69) is 9.88 Å². The Morgan fingerprint density at radius 2 is 2.10 bits per heavy atom. The zero-order valence-corrected chi connectivity index (χ0v) is 14.4. The van der Waals surface area contributed by atoms with Crippen LogP contribution in [0.2, 0.25) is 0 Å². The molecule has 0 radical (unpaired) electrons. The maximum absolute atomic E-state index is 5.60. The number of hydrogen-bond acceptors (Lipinski definition) is 4. The zero-order chi connectivity index (χ0) is 12.6. The molecule has 1 fully saturated rings. The Labute approximate surface area is 138 Å². The quantitative estimate of drug-likeness (QED) is 0.706. The predicted molar refractivity (Wildman–Crippen MR) is 91.7 cm³/mol. The molecule has 0 atom stereocenters. The minimum atomic E-state index is 0. The lowest BCUT2D eigenvalue weighted by Gasteiger charge is -2.12. The van der Waals surface area contributed by atoms with Gasteiger partial charge in [-0.3, -0.25) is 4.90 Å². The molecule has 0 bridgehead atoms. The molecule has 1 aromatic heterocycles. The normalized spacial score (nSPS) is 14.4. The number of halogens is 2. The first kappa shape index (κ1) is 19.8. The monoisotopic (exact) mass is 338 g/mol. The Bertz CT molecular complexity index is 346. The molecule has 2 heterocycles.